The van der Waals surface area contributed by atoms with E-state index in [1.54, 1.807) is 12.4 Å². The van der Waals surface area contributed by atoms with Crippen LogP contribution in [0.3, 0.4) is 0 Å². The van der Waals surface area contributed by atoms with Crippen molar-refractivity contribution in [3.8, 4) is 0 Å². The zero-order chi connectivity index (χ0) is 14.3. The van der Waals surface area contributed by atoms with Crippen LogP contribution in [-0.2, 0) is 0 Å². The second-order valence-electron chi connectivity index (χ2n) is 4.09. The Bertz CT molecular complexity index is 511. The Labute approximate surface area is 118 Å². The molecule has 2 aromatic heterocycles. The number of aryl methyl sites for hydroxylation is 2. The van der Waals surface area contributed by atoms with Crippen LogP contribution in [0, 0.1) is 13.8 Å². The lowest BCUT2D eigenvalue weighted by Crippen LogP contribution is -1.90. The molecular formula is C14H17ClN4. The first-order chi connectivity index (χ1) is 9.02. The summed E-state index contributed by atoms with van der Waals surface area (Å²) in [6.07, 6.45) is 9.01. The highest BCUT2D eigenvalue weighted by molar-refractivity contribution is 6.28. The number of hydrogen-bond donors (Lipinski definition) is 0. The summed E-state index contributed by atoms with van der Waals surface area (Å²) in [6, 6.07) is 0. The third kappa shape index (κ3) is 5.57. The zero-order valence-corrected chi connectivity index (χ0v) is 12.3. The fourth-order valence-corrected chi connectivity index (χ4v) is 1.20. The Kier molecular flexibility index (Phi) is 6.09. The molecule has 0 radical (unpaired) electrons. The average molecular weight is 277 g/mol. The summed E-state index contributed by atoms with van der Waals surface area (Å²) in [5.41, 5.74) is 3.23. The van der Waals surface area contributed by atoms with Gasteiger partial charge in [-0.1, -0.05) is 6.08 Å². The first-order valence-electron chi connectivity index (χ1n) is 5.89. The number of allylic oxidation sites excluding steroid dienone is 2. The molecule has 0 aliphatic carbocycles. The molecule has 0 aromatic carbocycles. The second-order valence-corrected chi connectivity index (χ2v) is 4.42. The van der Waals surface area contributed by atoms with Crippen LogP contribution in [0.25, 0.3) is 5.57 Å². The van der Waals surface area contributed by atoms with Crippen LogP contribution in [-0.4, -0.2) is 19.9 Å². The lowest BCUT2D eigenvalue weighted by molar-refractivity contribution is 1.08. The third-order valence-electron chi connectivity index (χ3n) is 2.32. The van der Waals surface area contributed by atoms with Gasteiger partial charge in [-0.2, -0.15) is 0 Å². The molecule has 0 atom stereocenters. The summed E-state index contributed by atoms with van der Waals surface area (Å²) in [4.78, 5) is 15.8. The number of aromatic nitrogens is 4. The smallest absolute Gasteiger partial charge is 0.222 e. The van der Waals surface area contributed by atoms with E-state index in [0.29, 0.717) is 5.28 Å². The Morgan fingerprint density at radius 1 is 0.947 bits per heavy atom. The van der Waals surface area contributed by atoms with Gasteiger partial charge >= 0.3 is 0 Å². The summed E-state index contributed by atoms with van der Waals surface area (Å²) in [6.45, 7) is 7.88. The zero-order valence-electron chi connectivity index (χ0n) is 11.6. The number of halogens is 1. The largest absolute Gasteiger partial charge is 0.237 e. The average Bonchev–Trinajstić information content (AvgIpc) is 2.43. The summed E-state index contributed by atoms with van der Waals surface area (Å²) in [7, 11) is 0. The van der Waals surface area contributed by atoms with Gasteiger partial charge in [0.2, 0.25) is 5.28 Å². The molecular weight excluding hydrogens is 260 g/mol. The van der Waals surface area contributed by atoms with Crippen molar-refractivity contribution in [3.05, 3.63) is 53.1 Å². The van der Waals surface area contributed by atoms with Gasteiger partial charge in [0.25, 0.3) is 0 Å². The maximum absolute atomic E-state index is 5.39. The summed E-state index contributed by atoms with van der Waals surface area (Å²) in [5, 5.41) is 0.301. The summed E-state index contributed by atoms with van der Waals surface area (Å²) in [5.74, 6) is 0.818. The number of rotatable bonds is 1. The monoisotopic (exact) mass is 276 g/mol. The van der Waals surface area contributed by atoms with Crippen molar-refractivity contribution >= 4 is 17.2 Å². The Hall–Kier alpha value is -1.81. The van der Waals surface area contributed by atoms with E-state index in [-0.39, 0.29) is 0 Å². The molecule has 19 heavy (non-hydrogen) atoms. The van der Waals surface area contributed by atoms with Crippen molar-refractivity contribution in [2.45, 2.75) is 27.7 Å². The van der Waals surface area contributed by atoms with Crippen LogP contribution < -0.4 is 0 Å². The van der Waals surface area contributed by atoms with E-state index in [4.69, 9.17) is 11.6 Å². The quantitative estimate of drug-likeness (QED) is 0.746. The van der Waals surface area contributed by atoms with Gasteiger partial charge < -0.3 is 0 Å². The van der Waals surface area contributed by atoms with Crippen molar-refractivity contribution in [1.29, 1.82) is 0 Å². The van der Waals surface area contributed by atoms with E-state index in [0.717, 1.165) is 22.5 Å². The molecule has 0 fully saturated rings. The lowest BCUT2D eigenvalue weighted by atomic mass is 10.2. The van der Waals surface area contributed by atoms with E-state index < -0.39 is 0 Å². The van der Waals surface area contributed by atoms with E-state index in [2.05, 4.69) is 19.9 Å². The van der Waals surface area contributed by atoms with E-state index in [1.165, 1.54) is 0 Å². The maximum Gasteiger partial charge on any atom is 0.222 e. The molecule has 0 saturated carbocycles. The summed E-state index contributed by atoms with van der Waals surface area (Å²) >= 11 is 5.39. The minimum atomic E-state index is 0.301. The molecule has 0 bridgehead atoms. The van der Waals surface area contributed by atoms with Gasteiger partial charge in [0.1, 0.15) is 0 Å². The molecule has 0 amide bonds. The second kappa shape index (κ2) is 7.59. The van der Waals surface area contributed by atoms with Crippen LogP contribution in [0.4, 0.5) is 0 Å². The first kappa shape index (κ1) is 15.2. The Balaban J connectivity index is 0.000000200. The highest BCUT2D eigenvalue weighted by Crippen LogP contribution is 2.06. The summed E-state index contributed by atoms with van der Waals surface area (Å²) < 4.78 is 0. The molecule has 0 aliphatic heterocycles. The standard InChI is InChI=1S/C9H12N2.C5H5ClN2/c1-4-8(3)9-10-5-7(2)6-11-9;1-4-2-7-5(6)8-3-4/h4-6H,1-3H3;2-3H,1H3/b8-4+;. The molecule has 100 valence electrons. The van der Waals surface area contributed by atoms with E-state index in [9.17, 15) is 0 Å². The van der Waals surface area contributed by atoms with E-state index in [1.807, 2.05) is 46.2 Å². The van der Waals surface area contributed by atoms with Crippen LogP contribution in [0.5, 0.6) is 0 Å². The van der Waals surface area contributed by atoms with Gasteiger partial charge in [0.15, 0.2) is 5.82 Å². The molecule has 0 N–H and O–H groups in total. The molecule has 2 heterocycles. The van der Waals surface area contributed by atoms with Gasteiger partial charge in [-0.05, 0) is 56.0 Å². The highest BCUT2D eigenvalue weighted by Gasteiger charge is 1.95. The van der Waals surface area contributed by atoms with Crippen molar-refractivity contribution in [2.24, 2.45) is 0 Å². The van der Waals surface area contributed by atoms with Gasteiger partial charge in [0, 0.05) is 24.8 Å². The lowest BCUT2D eigenvalue weighted by Gasteiger charge is -1.97. The minimum Gasteiger partial charge on any atom is -0.237 e. The van der Waals surface area contributed by atoms with Crippen LogP contribution in [0.15, 0.2) is 30.9 Å². The van der Waals surface area contributed by atoms with Gasteiger partial charge in [-0.3, -0.25) is 0 Å². The maximum atomic E-state index is 5.39. The molecule has 0 spiro atoms. The van der Waals surface area contributed by atoms with Gasteiger partial charge in [-0.25, -0.2) is 19.9 Å². The van der Waals surface area contributed by atoms with E-state index >= 15 is 0 Å². The van der Waals surface area contributed by atoms with Crippen LogP contribution in [0.1, 0.15) is 30.8 Å². The molecule has 0 unspecified atom stereocenters. The predicted molar refractivity (Wildman–Crippen MR) is 77.9 cm³/mol. The molecule has 0 saturated heterocycles. The molecule has 0 aliphatic rings. The topological polar surface area (TPSA) is 51.6 Å². The van der Waals surface area contributed by atoms with Crippen molar-refractivity contribution in [1.82, 2.24) is 19.9 Å². The number of nitrogens with zero attached hydrogens (tertiary/aromatic N) is 4. The fraction of sp³-hybridized carbons (Fsp3) is 0.286. The Morgan fingerprint density at radius 2 is 1.37 bits per heavy atom. The Morgan fingerprint density at radius 3 is 1.74 bits per heavy atom. The predicted octanol–water partition coefficient (Wildman–Crippen LogP) is 3.65. The molecule has 2 aromatic rings. The van der Waals surface area contributed by atoms with Crippen molar-refractivity contribution < 1.29 is 0 Å². The normalized spacial score (nSPS) is 10.7. The first-order valence-corrected chi connectivity index (χ1v) is 6.26. The molecule has 5 heteroatoms. The number of hydrogen-bond acceptors (Lipinski definition) is 4. The molecule has 2 rings (SSSR count). The van der Waals surface area contributed by atoms with Crippen LogP contribution in [0.2, 0.25) is 5.28 Å². The third-order valence-corrected chi connectivity index (χ3v) is 2.51. The highest BCUT2D eigenvalue weighted by atomic mass is 35.5. The molecule has 4 nitrogen and oxygen atoms in total. The van der Waals surface area contributed by atoms with Gasteiger partial charge in [0.05, 0.1) is 0 Å². The van der Waals surface area contributed by atoms with Gasteiger partial charge in [-0.15, -0.1) is 0 Å². The minimum absolute atomic E-state index is 0.301. The SMILES string of the molecule is C/C=C(\C)c1ncc(C)cn1.Cc1cnc(Cl)nc1. The van der Waals surface area contributed by atoms with Crippen molar-refractivity contribution in [3.63, 3.8) is 0 Å². The fourth-order valence-electron chi connectivity index (χ4n) is 1.10. The van der Waals surface area contributed by atoms with Crippen molar-refractivity contribution in [2.75, 3.05) is 0 Å². The van der Waals surface area contributed by atoms with Crippen LogP contribution >= 0.6 is 11.6 Å².